The predicted molar refractivity (Wildman–Crippen MR) is 80.7 cm³/mol. The SMILES string of the molecule is Cc1ccc(C2CCC(C3CCC(C)CO3)CO2)cc1F. The Morgan fingerprint density at radius 2 is 1.90 bits per heavy atom. The molecule has 4 unspecified atom stereocenters. The van der Waals surface area contributed by atoms with Crippen LogP contribution in [-0.4, -0.2) is 19.3 Å². The van der Waals surface area contributed by atoms with Gasteiger partial charge in [0, 0.05) is 12.5 Å². The summed E-state index contributed by atoms with van der Waals surface area (Å²) in [6, 6.07) is 5.45. The third kappa shape index (κ3) is 3.46. The molecule has 0 spiro atoms. The first-order valence-electron chi connectivity index (χ1n) is 8.12. The summed E-state index contributed by atoms with van der Waals surface area (Å²) in [5.74, 6) is 1.06. The molecule has 2 saturated heterocycles. The molecule has 1 aromatic carbocycles. The molecule has 0 saturated carbocycles. The summed E-state index contributed by atoms with van der Waals surface area (Å²) < 4.78 is 25.6. The standard InChI is InChI=1S/C18H25FO2/c1-12-3-7-18(20-10-12)15-6-8-17(21-11-15)14-5-4-13(2)16(19)9-14/h4-5,9,12,15,17-18H,3,6-8,10-11H2,1-2H3. The van der Waals surface area contributed by atoms with Crippen LogP contribution in [0.4, 0.5) is 4.39 Å². The van der Waals surface area contributed by atoms with Crippen molar-refractivity contribution < 1.29 is 13.9 Å². The van der Waals surface area contributed by atoms with Gasteiger partial charge in [0.25, 0.3) is 0 Å². The largest absolute Gasteiger partial charge is 0.378 e. The topological polar surface area (TPSA) is 18.5 Å². The van der Waals surface area contributed by atoms with Crippen molar-refractivity contribution in [2.24, 2.45) is 11.8 Å². The van der Waals surface area contributed by atoms with Crippen LogP contribution in [0.25, 0.3) is 0 Å². The van der Waals surface area contributed by atoms with Crippen LogP contribution in [0.3, 0.4) is 0 Å². The minimum Gasteiger partial charge on any atom is -0.378 e. The van der Waals surface area contributed by atoms with Gasteiger partial charge in [-0.3, -0.25) is 0 Å². The van der Waals surface area contributed by atoms with Gasteiger partial charge in [-0.25, -0.2) is 4.39 Å². The molecule has 0 aliphatic carbocycles. The Bertz CT molecular complexity index is 472. The van der Waals surface area contributed by atoms with Crippen molar-refractivity contribution >= 4 is 0 Å². The van der Waals surface area contributed by atoms with Gasteiger partial charge in [0.1, 0.15) is 5.82 Å². The molecular formula is C18H25FO2. The van der Waals surface area contributed by atoms with E-state index in [0.29, 0.717) is 23.5 Å². The molecule has 1 aromatic rings. The van der Waals surface area contributed by atoms with Crippen molar-refractivity contribution in [3.8, 4) is 0 Å². The highest BCUT2D eigenvalue weighted by atomic mass is 19.1. The normalized spacial score (nSPS) is 33.9. The van der Waals surface area contributed by atoms with E-state index in [9.17, 15) is 4.39 Å². The number of halogens is 1. The van der Waals surface area contributed by atoms with Crippen molar-refractivity contribution in [1.29, 1.82) is 0 Å². The number of rotatable bonds is 2. The van der Waals surface area contributed by atoms with Crippen LogP contribution in [0, 0.1) is 24.6 Å². The summed E-state index contributed by atoms with van der Waals surface area (Å²) >= 11 is 0. The second-order valence-corrected chi connectivity index (χ2v) is 6.72. The van der Waals surface area contributed by atoms with Gasteiger partial charge in [0.15, 0.2) is 0 Å². The Morgan fingerprint density at radius 1 is 1.05 bits per heavy atom. The number of aryl methyl sites for hydroxylation is 1. The van der Waals surface area contributed by atoms with Crippen LogP contribution in [0.2, 0.25) is 0 Å². The molecule has 0 radical (unpaired) electrons. The third-order valence-corrected chi connectivity index (χ3v) is 4.94. The first-order valence-corrected chi connectivity index (χ1v) is 8.12. The molecule has 4 atom stereocenters. The molecular weight excluding hydrogens is 267 g/mol. The van der Waals surface area contributed by atoms with Gasteiger partial charge in [-0.15, -0.1) is 0 Å². The van der Waals surface area contributed by atoms with E-state index in [1.54, 1.807) is 13.0 Å². The Kier molecular flexibility index (Phi) is 4.60. The fourth-order valence-corrected chi connectivity index (χ4v) is 3.41. The number of hydrogen-bond acceptors (Lipinski definition) is 2. The maximum absolute atomic E-state index is 13.7. The predicted octanol–water partition coefficient (Wildman–Crippen LogP) is 4.42. The van der Waals surface area contributed by atoms with Crippen molar-refractivity contribution in [1.82, 2.24) is 0 Å². The van der Waals surface area contributed by atoms with Crippen molar-refractivity contribution in [2.75, 3.05) is 13.2 Å². The number of ether oxygens (including phenoxy) is 2. The third-order valence-electron chi connectivity index (χ3n) is 4.94. The van der Waals surface area contributed by atoms with E-state index >= 15 is 0 Å². The Hall–Kier alpha value is -0.930. The Labute approximate surface area is 126 Å². The monoisotopic (exact) mass is 292 g/mol. The van der Waals surface area contributed by atoms with Crippen LogP contribution >= 0.6 is 0 Å². The first-order chi connectivity index (χ1) is 10.1. The van der Waals surface area contributed by atoms with E-state index in [2.05, 4.69) is 6.92 Å². The molecule has 2 aliphatic heterocycles. The van der Waals surface area contributed by atoms with Crippen LogP contribution in [0.5, 0.6) is 0 Å². The maximum atomic E-state index is 13.7. The van der Waals surface area contributed by atoms with Crippen LogP contribution in [0.1, 0.15) is 49.8 Å². The lowest BCUT2D eigenvalue weighted by atomic mass is 9.86. The second-order valence-electron chi connectivity index (χ2n) is 6.72. The van der Waals surface area contributed by atoms with Gasteiger partial charge in [-0.05, 0) is 55.7 Å². The summed E-state index contributed by atoms with van der Waals surface area (Å²) in [6.45, 7) is 5.65. The zero-order chi connectivity index (χ0) is 14.8. The molecule has 2 aliphatic rings. The molecule has 116 valence electrons. The van der Waals surface area contributed by atoms with Gasteiger partial charge < -0.3 is 9.47 Å². The highest BCUT2D eigenvalue weighted by molar-refractivity contribution is 5.25. The highest BCUT2D eigenvalue weighted by Gasteiger charge is 2.31. The van der Waals surface area contributed by atoms with Crippen molar-refractivity contribution in [2.45, 2.75) is 51.7 Å². The molecule has 0 bridgehead atoms. The van der Waals surface area contributed by atoms with Crippen molar-refractivity contribution in [3.05, 3.63) is 35.1 Å². The zero-order valence-corrected chi connectivity index (χ0v) is 13.0. The summed E-state index contributed by atoms with van der Waals surface area (Å²) in [5, 5.41) is 0. The van der Waals surface area contributed by atoms with Gasteiger partial charge in [0.2, 0.25) is 0 Å². The van der Waals surface area contributed by atoms with E-state index in [-0.39, 0.29) is 11.9 Å². The van der Waals surface area contributed by atoms with E-state index in [1.807, 2.05) is 12.1 Å². The lowest BCUT2D eigenvalue weighted by Gasteiger charge is -2.37. The minimum atomic E-state index is -0.136. The Balaban J connectivity index is 1.56. The van der Waals surface area contributed by atoms with Crippen LogP contribution in [0.15, 0.2) is 18.2 Å². The average Bonchev–Trinajstić information content (AvgIpc) is 2.51. The lowest BCUT2D eigenvalue weighted by Crippen LogP contribution is -2.36. The summed E-state index contributed by atoms with van der Waals surface area (Å²) in [4.78, 5) is 0. The molecule has 3 rings (SSSR count). The van der Waals surface area contributed by atoms with Crippen LogP contribution < -0.4 is 0 Å². The molecule has 0 amide bonds. The van der Waals surface area contributed by atoms with E-state index in [1.165, 1.54) is 6.42 Å². The van der Waals surface area contributed by atoms with Crippen LogP contribution in [-0.2, 0) is 9.47 Å². The minimum absolute atomic E-state index is 0.0406. The second kappa shape index (κ2) is 6.45. The molecule has 21 heavy (non-hydrogen) atoms. The van der Waals surface area contributed by atoms with E-state index < -0.39 is 0 Å². The fraction of sp³-hybridized carbons (Fsp3) is 0.667. The smallest absolute Gasteiger partial charge is 0.126 e. The average molecular weight is 292 g/mol. The Morgan fingerprint density at radius 3 is 2.52 bits per heavy atom. The summed E-state index contributed by atoms with van der Waals surface area (Å²) in [6.07, 6.45) is 4.88. The summed E-state index contributed by atoms with van der Waals surface area (Å²) in [7, 11) is 0. The zero-order valence-electron chi connectivity index (χ0n) is 13.0. The van der Waals surface area contributed by atoms with Gasteiger partial charge in [-0.1, -0.05) is 19.1 Å². The quantitative estimate of drug-likeness (QED) is 0.803. The van der Waals surface area contributed by atoms with Gasteiger partial charge in [0.05, 0.1) is 18.8 Å². The van der Waals surface area contributed by atoms with E-state index in [0.717, 1.165) is 38.0 Å². The number of benzene rings is 1. The molecule has 0 aromatic heterocycles. The molecule has 3 heteroatoms. The van der Waals surface area contributed by atoms with Crippen molar-refractivity contribution in [3.63, 3.8) is 0 Å². The fourth-order valence-electron chi connectivity index (χ4n) is 3.41. The molecule has 2 nitrogen and oxygen atoms in total. The molecule has 2 heterocycles. The van der Waals surface area contributed by atoms with Gasteiger partial charge in [-0.2, -0.15) is 0 Å². The van der Waals surface area contributed by atoms with Gasteiger partial charge >= 0.3 is 0 Å². The number of hydrogen-bond donors (Lipinski definition) is 0. The highest BCUT2D eigenvalue weighted by Crippen LogP contribution is 2.35. The van der Waals surface area contributed by atoms with E-state index in [4.69, 9.17) is 9.47 Å². The summed E-state index contributed by atoms with van der Waals surface area (Å²) in [5.41, 5.74) is 1.66. The molecule has 0 N–H and O–H groups in total. The maximum Gasteiger partial charge on any atom is 0.126 e. The molecule has 2 fully saturated rings. The lowest BCUT2D eigenvalue weighted by molar-refractivity contribution is -0.102. The first kappa shape index (κ1) is 15.0.